The number of esters is 1. The zero-order chi connectivity index (χ0) is 24.5. The summed E-state index contributed by atoms with van der Waals surface area (Å²) in [6.45, 7) is 0.220. The molecule has 0 radical (unpaired) electrons. The number of hydrogen-bond acceptors (Lipinski definition) is 8. The second-order valence-electron chi connectivity index (χ2n) is 7.17. The number of rotatable bonds is 10. The number of hydrogen-bond donors (Lipinski definition) is 2. The molecule has 0 unspecified atom stereocenters. The Labute approximate surface area is 201 Å². The Morgan fingerprint density at radius 2 is 1.68 bits per heavy atom. The zero-order valence-electron chi connectivity index (χ0n) is 19.0. The second kappa shape index (κ2) is 11.8. The van der Waals surface area contributed by atoms with E-state index < -0.39 is 5.97 Å². The number of amides is 2. The van der Waals surface area contributed by atoms with Crippen molar-refractivity contribution in [3.63, 3.8) is 0 Å². The van der Waals surface area contributed by atoms with Crippen molar-refractivity contribution in [2.24, 2.45) is 7.05 Å². The molecule has 1 heterocycles. The number of carbonyl (C=O) groups is 3. The lowest BCUT2D eigenvalue weighted by Crippen LogP contribution is -2.26. The topological polar surface area (TPSA) is 124 Å². The second-order valence-corrected chi connectivity index (χ2v) is 8.11. The van der Waals surface area contributed by atoms with E-state index in [1.807, 2.05) is 24.3 Å². The number of anilines is 1. The van der Waals surface area contributed by atoms with Crippen molar-refractivity contribution in [2.75, 3.05) is 25.3 Å². The van der Waals surface area contributed by atoms with Crippen molar-refractivity contribution >= 4 is 35.2 Å². The van der Waals surface area contributed by atoms with E-state index in [1.165, 1.54) is 18.9 Å². The molecule has 0 spiro atoms. The highest BCUT2D eigenvalue weighted by atomic mass is 32.2. The Kier molecular flexibility index (Phi) is 8.63. The normalized spacial score (nSPS) is 10.4. The maximum absolute atomic E-state index is 12.3. The highest BCUT2D eigenvalue weighted by molar-refractivity contribution is 7.99. The van der Waals surface area contributed by atoms with E-state index in [4.69, 9.17) is 4.74 Å². The maximum atomic E-state index is 12.3. The summed E-state index contributed by atoms with van der Waals surface area (Å²) in [5, 5.41) is 14.3. The van der Waals surface area contributed by atoms with Crippen molar-refractivity contribution in [1.29, 1.82) is 0 Å². The Bertz CT molecular complexity index is 1150. The first kappa shape index (κ1) is 24.8. The van der Waals surface area contributed by atoms with Gasteiger partial charge >= 0.3 is 5.97 Å². The first-order valence-electron chi connectivity index (χ1n) is 10.3. The third-order valence-corrected chi connectivity index (χ3v) is 5.83. The summed E-state index contributed by atoms with van der Waals surface area (Å²) in [7, 11) is 4.67. The van der Waals surface area contributed by atoms with E-state index in [-0.39, 0.29) is 30.5 Å². The van der Waals surface area contributed by atoms with Gasteiger partial charge in [-0.25, -0.2) is 4.79 Å². The van der Waals surface area contributed by atoms with Crippen LogP contribution in [0.25, 0.3) is 0 Å². The van der Waals surface area contributed by atoms with Crippen LogP contribution in [0.5, 0.6) is 5.75 Å². The van der Waals surface area contributed by atoms with E-state index in [0.29, 0.717) is 22.2 Å². The SMILES string of the molecule is COC(=O)c1ccc(NC(=O)CSc2nnc(CNC(=O)Cc3ccc(OC)cc3)n2C)cc1. The summed E-state index contributed by atoms with van der Waals surface area (Å²) >= 11 is 1.23. The minimum atomic E-state index is -0.441. The summed E-state index contributed by atoms with van der Waals surface area (Å²) < 4.78 is 11.5. The van der Waals surface area contributed by atoms with Gasteiger partial charge < -0.3 is 24.7 Å². The van der Waals surface area contributed by atoms with E-state index in [0.717, 1.165) is 11.3 Å². The summed E-state index contributed by atoms with van der Waals surface area (Å²) in [6, 6.07) is 13.7. The molecule has 0 saturated carbocycles. The molecule has 0 atom stereocenters. The number of aromatic nitrogens is 3. The quantitative estimate of drug-likeness (QED) is 0.332. The molecule has 2 aromatic carbocycles. The lowest BCUT2D eigenvalue weighted by Gasteiger charge is -2.07. The maximum Gasteiger partial charge on any atom is 0.337 e. The first-order valence-corrected chi connectivity index (χ1v) is 11.3. The molecule has 0 aliphatic rings. The fraction of sp³-hybridized carbons (Fsp3) is 0.261. The number of nitrogens with one attached hydrogen (secondary N) is 2. The molecule has 0 aliphatic heterocycles. The van der Waals surface area contributed by atoms with Crippen molar-refractivity contribution < 1.29 is 23.9 Å². The Morgan fingerprint density at radius 1 is 0.971 bits per heavy atom. The summed E-state index contributed by atoms with van der Waals surface area (Å²) in [5.74, 6) is 0.619. The van der Waals surface area contributed by atoms with Gasteiger partial charge in [0.25, 0.3) is 0 Å². The molecule has 34 heavy (non-hydrogen) atoms. The molecule has 178 valence electrons. The van der Waals surface area contributed by atoms with Gasteiger partial charge in [-0.15, -0.1) is 10.2 Å². The van der Waals surface area contributed by atoms with Gasteiger partial charge in [-0.05, 0) is 42.0 Å². The summed E-state index contributed by atoms with van der Waals surface area (Å²) in [6.07, 6.45) is 0.240. The van der Waals surface area contributed by atoms with Crippen LogP contribution in [0.15, 0.2) is 53.7 Å². The highest BCUT2D eigenvalue weighted by Crippen LogP contribution is 2.17. The fourth-order valence-corrected chi connectivity index (χ4v) is 3.66. The monoisotopic (exact) mass is 483 g/mol. The molecule has 0 fully saturated rings. The molecular formula is C23H25N5O5S. The lowest BCUT2D eigenvalue weighted by molar-refractivity contribution is -0.120. The van der Waals surface area contributed by atoms with E-state index in [2.05, 4.69) is 25.6 Å². The van der Waals surface area contributed by atoms with Crippen LogP contribution in [-0.4, -0.2) is 52.5 Å². The molecule has 0 saturated heterocycles. The van der Waals surface area contributed by atoms with Gasteiger partial charge in [0.2, 0.25) is 11.8 Å². The lowest BCUT2D eigenvalue weighted by atomic mass is 10.1. The third-order valence-electron chi connectivity index (χ3n) is 4.81. The van der Waals surface area contributed by atoms with Crippen LogP contribution < -0.4 is 15.4 Å². The predicted octanol–water partition coefficient (Wildman–Crippen LogP) is 2.20. The van der Waals surface area contributed by atoms with Gasteiger partial charge in [-0.3, -0.25) is 9.59 Å². The molecule has 0 bridgehead atoms. The molecule has 0 aliphatic carbocycles. The highest BCUT2D eigenvalue weighted by Gasteiger charge is 2.13. The fourth-order valence-electron chi connectivity index (χ4n) is 2.93. The minimum Gasteiger partial charge on any atom is -0.497 e. The van der Waals surface area contributed by atoms with Crippen LogP contribution in [0.4, 0.5) is 5.69 Å². The number of carbonyl (C=O) groups excluding carboxylic acids is 3. The third kappa shape index (κ3) is 6.82. The number of benzene rings is 2. The molecule has 3 aromatic rings. The van der Waals surface area contributed by atoms with Gasteiger partial charge in [-0.1, -0.05) is 23.9 Å². The van der Waals surface area contributed by atoms with E-state index in [1.54, 1.807) is 43.0 Å². The van der Waals surface area contributed by atoms with Crippen molar-refractivity contribution in [2.45, 2.75) is 18.1 Å². The average molecular weight is 484 g/mol. The zero-order valence-corrected chi connectivity index (χ0v) is 19.8. The molecule has 10 nitrogen and oxygen atoms in total. The van der Waals surface area contributed by atoms with Crippen LogP contribution in [0.3, 0.4) is 0 Å². The van der Waals surface area contributed by atoms with E-state index in [9.17, 15) is 14.4 Å². The summed E-state index contributed by atoms with van der Waals surface area (Å²) in [5.41, 5.74) is 1.84. The number of thioether (sulfide) groups is 1. The van der Waals surface area contributed by atoms with Gasteiger partial charge in [0.15, 0.2) is 11.0 Å². The van der Waals surface area contributed by atoms with Gasteiger partial charge in [0.05, 0.1) is 38.5 Å². The van der Waals surface area contributed by atoms with Crippen LogP contribution >= 0.6 is 11.8 Å². The summed E-state index contributed by atoms with van der Waals surface area (Å²) in [4.78, 5) is 36.0. The van der Waals surface area contributed by atoms with Crippen LogP contribution in [0.1, 0.15) is 21.7 Å². The molecule has 2 amide bonds. The Morgan fingerprint density at radius 3 is 2.32 bits per heavy atom. The van der Waals surface area contributed by atoms with Crippen LogP contribution in [0.2, 0.25) is 0 Å². The molecule has 11 heteroatoms. The molecule has 2 N–H and O–H groups in total. The molecule has 1 aromatic heterocycles. The average Bonchev–Trinajstić information content (AvgIpc) is 3.21. The number of methoxy groups -OCH3 is 2. The number of ether oxygens (including phenoxy) is 2. The Balaban J connectivity index is 1.45. The minimum absolute atomic E-state index is 0.120. The molecule has 3 rings (SSSR count). The van der Waals surface area contributed by atoms with Gasteiger partial charge in [0, 0.05) is 12.7 Å². The Hall–Kier alpha value is -3.86. The largest absolute Gasteiger partial charge is 0.497 e. The van der Waals surface area contributed by atoms with Crippen molar-refractivity contribution in [3.8, 4) is 5.75 Å². The smallest absolute Gasteiger partial charge is 0.337 e. The predicted molar refractivity (Wildman–Crippen MR) is 127 cm³/mol. The number of nitrogens with zero attached hydrogens (tertiary/aromatic N) is 3. The first-order chi connectivity index (χ1) is 16.4. The van der Waals surface area contributed by atoms with Crippen LogP contribution in [-0.2, 0) is 34.3 Å². The molecular weight excluding hydrogens is 458 g/mol. The van der Waals surface area contributed by atoms with Gasteiger partial charge in [0.1, 0.15) is 5.75 Å². The van der Waals surface area contributed by atoms with Crippen molar-refractivity contribution in [3.05, 3.63) is 65.5 Å². The van der Waals surface area contributed by atoms with Crippen molar-refractivity contribution in [1.82, 2.24) is 20.1 Å². The van der Waals surface area contributed by atoms with Gasteiger partial charge in [-0.2, -0.15) is 0 Å². The standard InChI is InChI=1S/C23H25N5O5S/c1-28-19(13-24-20(29)12-15-4-10-18(32-2)11-5-15)26-27-23(28)34-14-21(30)25-17-8-6-16(7-9-17)22(31)33-3/h4-11H,12-14H2,1-3H3,(H,24,29)(H,25,30). The van der Waals surface area contributed by atoms with E-state index >= 15 is 0 Å². The van der Waals surface area contributed by atoms with Crippen LogP contribution in [0, 0.1) is 0 Å².